The maximum Gasteiger partial charge on any atom is 0.126 e. The number of hydrogen-bond donors (Lipinski definition) is 0. The van der Waals surface area contributed by atoms with E-state index in [1.165, 1.54) is 68.6 Å². The predicted molar refractivity (Wildman–Crippen MR) is 263 cm³/mol. The van der Waals surface area contributed by atoms with Crippen molar-refractivity contribution >= 4 is 46.4 Å². The van der Waals surface area contributed by atoms with Crippen molar-refractivity contribution in [3.05, 3.63) is 205 Å². The molecule has 322 valence electrons. The number of halogens is 2. The summed E-state index contributed by atoms with van der Waals surface area (Å²) < 4.78 is 14.2. The quantitative estimate of drug-likeness (QED) is 0.0565. The van der Waals surface area contributed by atoms with E-state index in [9.17, 15) is 0 Å². The molecule has 0 N–H and O–H groups in total. The lowest BCUT2D eigenvalue weighted by Gasteiger charge is -2.30. The molecule has 0 bridgehead atoms. The van der Waals surface area contributed by atoms with E-state index < -0.39 is 14.5 Å². The number of ether oxygens (including phenoxy) is 2. The zero-order chi connectivity index (χ0) is 41.3. The third-order valence-electron chi connectivity index (χ3n) is 11.8. The van der Waals surface area contributed by atoms with Gasteiger partial charge < -0.3 is 34.3 Å². The van der Waals surface area contributed by atoms with Crippen LogP contribution in [0.25, 0.3) is 0 Å². The van der Waals surface area contributed by atoms with E-state index in [0.717, 1.165) is 49.5 Å². The highest BCUT2D eigenvalue weighted by Gasteiger charge is 2.48. The summed E-state index contributed by atoms with van der Waals surface area (Å²) >= 11 is 0. The highest BCUT2D eigenvalue weighted by atomic mass is 35.5. The second kappa shape index (κ2) is 25.0. The molecule has 0 saturated heterocycles. The fraction of sp³-hybridized carbons (Fsp3) is 0.250. The monoisotopic (exact) mass is 898 g/mol. The van der Waals surface area contributed by atoms with Gasteiger partial charge in [-0.05, 0) is 97.8 Å². The number of hydrogen-bond acceptors (Lipinski definition) is 2. The summed E-state index contributed by atoms with van der Waals surface area (Å²) in [5.41, 5.74) is 2.43. The second-order valence-electron chi connectivity index (χ2n) is 15.8. The van der Waals surface area contributed by atoms with Gasteiger partial charge in [0.1, 0.15) is 70.2 Å². The minimum atomic E-state index is -2.24. The zero-order valence-corrected chi connectivity index (χ0v) is 39.7. The van der Waals surface area contributed by atoms with Crippen LogP contribution in [0.2, 0.25) is 0 Å². The number of unbranched alkanes of at least 4 members (excludes halogenated alkanes) is 6. The van der Waals surface area contributed by atoms with Gasteiger partial charge >= 0.3 is 0 Å². The summed E-state index contributed by atoms with van der Waals surface area (Å²) in [6.07, 6.45) is 10.9. The molecule has 62 heavy (non-hydrogen) atoms. The van der Waals surface area contributed by atoms with E-state index in [-0.39, 0.29) is 24.8 Å². The first-order valence-electron chi connectivity index (χ1n) is 22.2. The molecule has 7 aromatic rings. The first kappa shape index (κ1) is 48.6. The first-order chi connectivity index (χ1) is 29.7. The lowest BCUT2D eigenvalue weighted by Crippen LogP contribution is -3.00. The molecule has 6 heteroatoms. The molecular weight excluding hydrogens is 837 g/mol. The van der Waals surface area contributed by atoms with Crippen LogP contribution in [0, 0.1) is 0 Å². The SMILES string of the molecule is CCCCCCOc1cc(C[P+](c2ccccc2)(c2ccccc2)c2ccccc2)c(OCCCCCC)cc1C[P+](c1ccccc1)(c1ccccc1)c1ccccc1.[Cl-].[Cl-]. The highest BCUT2D eigenvalue weighted by molar-refractivity contribution is 7.95. The van der Waals surface area contributed by atoms with Crippen molar-refractivity contribution in [2.24, 2.45) is 0 Å². The van der Waals surface area contributed by atoms with Gasteiger partial charge in [-0.15, -0.1) is 0 Å². The summed E-state index contributed by atoms with van der Waals surface area (Å²) in [4.78, 5) is 0. The van der Waals surface area contributed by atoms with Gasteiger partial charge in [0, 0.05) is 11.1 Å². The minimum Gasteiger partial charge on any atom is -1.00 e. The standard InChI is InChI=1S/C56H62O2P2.2ClH/c1-3-5-7-27-41-57-55-43-48(46-60(52-35-21-12-22-36-52,53-37-23-13-24-38-53)54-39-25-14-26-40-54)56(58-42-28-8-6-4-2)44-47(55)45-59(49-29-15-9-16-30-49,50-31-17-10-18-32-50)51-33-19-11-20-34-51;;/h9-26,29-40,43-44H,3-8,27-28,41-42,45-46H2,1-2H3;2*1H/q+2;;/p-2. The molecule has 7 aromatic carbocycles. The molecule has 0 amide bonds. The van der Waals surface area contributed by atoms with Crippen LogP contribution in [-0.2, 0) is 12.3 Å². The van der Waals surface area contributed by atoms with E-state index in [1.807, 2.05) is 0 Å². The fourth-order valence-electron chi connectivity index (χ4n) is 8.63. The van der Waals surface area contributed by atoms with Crippen molar-refractivity contribution in [2.75, 3.05) is 13.2 Å². The van der Waals surface area contributed by atoms with Crippen molar-refractivity contribution in [1.29, 1.82) is 0 Å². The van der Waals surface area contributed by atoms with Crippen LogP contribution < -0.4 is 66.1 Å². The highest BCUT2D eigenvalue weighted by Crippen LogP contribution is 2.62. The van der Waals surface area contributed by atoms with Gasteiger partial charge in [0.2, 0.25) is 0 Å². The zero-order valence-electron chi connectivity index (χ0n) is 36.4. The van der Waals surface area contributed by atoms with Crippen LogP contribution in [0.4, 0.5) is 0 Å². The topological polar surface area (TPSA) is 18.5 Å². The summed E-state index contributed by atoms with van der Waals surface area (Å²) in [6.45, 7) is 5.92. The minimum absolute atomic E-state index is 0. The summed E-state index contributed by atoms with van der Waals surface area (Å²) in [5, 5.41) is 8.19. The van der Waals surface area contributed by atoms with Crippen LogP contribution in [0.15, 0.2) is 194 Å². The van der Waals surface area contributed by atoms with Gasteiger partial charge in [0.15, 0.2) is 0 Å². The number of rotatable bonds is 22. The van der Waals surface area contributed by atoms with Gasteiger partial charge in [-0.3, -0.25) is 0 Å². The van der Waals surface area contributed by atoms with E-state index >= 15 is 0 Å². The largest absolute Gasteiger partial charge is 1.00 e. The Morgan fingerprint density at radius 2 is 0.565 bits per heavy atom. The lowest BCUT2D eigenvalue weighted by molar-refractivity contribution is -0.001000. The molecule has 0 aliphatic carbocycles. The molecule has 0 fully saturated rings. The summed E-state index contributed by atoms with van der Waals surface area (Å²) in [6, 6.07) is 72.2. The molecule has 0 spiro atoms. The Bertz CT molecular complexity index is 1940. The molecule has 7 rings (SSSR count). The molecule has 2 nitrogen and oxygen atoms in total. The summed E-state index contributed by atoms with van der Waals surface area (Å²) in [7, 11) is -4.48. The molecule has 0 heterocycles. The van der Waals surface area contributed by atoms with Gasteiger partial charge in [0.05, 0.1) is 13.2 Å². The van der Waals surface area contributed by atoms with Crippen molar-refractivity contribution in [3.63, 3.8) is 0 Å². The molecule has 0 radical (unpaired) electrons. The van der Waals surface area contributed by atoms with Crippen LogP contribution in [0.5, 0.6) is 11.5 Å². The van der Waals surface area contributed by atoms with E-state index in [2.05, 4.69) is 208 Å². The molecular formula is C56H62Cl2O2P2. The molecule has 0 atom stereocenters. The summed E-state index contributed by atoms with van der Waals surface area (Å²) in [5.74, 6) is 1.97. The molecule has 0 saturated carbocycles. The van der Waals surface area contributed by atoms with Gasteiger partial charge in [-0.2, -0.15) is 0 Å². The van der Waals surface area contributed by atoms with Gasteiger partial charge in [-0.1, -0.05) is 162 Å². The molecule has 0 aliphatic rings. The van der Waals surface area contributed by atoms with E-state index in [0.29, 0.717) is 13.2 Å². The van der Waals surface area contributed by atoms with Crippen LogP contribution in [-0.4, -0.2) is 13.2 Å². The van der Waals surface area contributed by atoms with Crippen molar-refractivity contribution < 1.29 is 34.3 Å². The van der Waals surface area contributed by atoms with Crippen LogP contribution >= 0.6 is 14.5 Å². The Balaban J connectivity index is 0.00000363. The van der Waals surface area contributed by atoms with Gasteiger partial charge in [0.25, 0.3) is 0 Å². The van der Waals surface area contributed by atoms with Crippen molar-refractivity contribution in [3.8, 4) is 11.5 Å². The fourth-order valence-corrected chi connectivity index (χ4v) is 17.1. The Morgan fingerprint density at radius 1 is 0.323 bits per heavy atom. The third-order valence-corrected chi connectivity index (χ3v) is 20.5. The van der Waals surface area contributed by atoms with Crippen LogP contribution in [0.3, 0.4) is 0 Å². The Hall–Kier alpha value is -4.42. The molecule has 0 aliphatic heterocycles. The normalized spacial score (nSPS) is 11.3. The van der Waals surface area contributed by atoms with E-state index in [4.69, 9.17) is 9.47 Å². The predicted octanol–water partition coefficient (Wildman–Crippen LogP) is 6.60. The van der Waals surface area contributed by atoms with E-state index in [1.54, 1.807) is 0 Å². The van der Waals surface area contributed by atoms with Crippen molar-refractivity contribution in [1.82, 2.24) is 0 Å². The maximum atomic E-state index is 7.10. The van der Waals surface area contributed by atoms with Crippen LogP contribution in [0.1, 0.15) is 76.3 Å². The third kappa shape index (κ3) is 11.6. The smallest absolute Gasteiger partial charge is 0.126 e. The first-order valence-corrected chi connectivity index (χ1v) is 26.1. The lowest BCUT2D eigenvalue weighted by atomic mass is 10.1. The molecule has 0 aromatic heterocycles. The second-order valence-corrected chi connectivity index (χ2v) is 22.8. The molecule has 0 unspecified atom stereocenters. The van der Waals surface area contributed by atoms with Gasteiger partial charge in [-0.25, -0.2) is 0 Å². The Morgan fingerprint density at radius 3 is 0.790 bits per heavy atom. The Labute approximate surface area is 386 Å². The van der Waals surface area contributed by atoms with Crippen molar-refractivity contribution in [2.45, 2.75) is 77.5 Å². The Kier molecular flexibility index (Phi) is 19.6. The number of benzene rings is 7. The maximum absolute atomic E-state index is 7.10. The average molecular weight is 900 g/mol. The average Bonchev–Trinajstić information content (AvgIpc) is 3.32.